The fourth-order valence-corrected chi connectivity index (χ4v) is 3.46. The highest BCUT2D eigenvalue weighted by atomic mass is 35.5. The van der Waals surface area contributed by atoms with Crippen molar-refractivity contribution in [3.8, 4) is 23.3 Å². The summed E-state index contributed by atoms with van der Waals surface area (Å²) in [5.74, 6) is 6.58. The van der Waals surface area contributed by atoms with Gasteiger partial charge in [0.2, 0.25) is 0 Å². The van der Waals surface area contributed by atoms with Crippen LogP contribution >= 0.6 is 11.6 Å². The van der Waals surface area contributed by atoms with E-state index >= 15 is 0 Å². The average Bonchev–Trinajstić information content (AvgIpc) is 2.76. The van der Waals surface area contributed by atoms with E-state index < -0.39 is 12.0 Å². The molecule has 0 aromatic heterocycles. The van der Waals surface area contributed by atoms with Crippen LogP contribution < -0.4 is 4.74 Å². The third-order valence-corrected chi connectivity index (χ3v) is 5.05. The monoisotopic (exact) mass is 432 g/mol. The van der Waals surface area contributed by atoms with Crippen molar-refractivity contribution in [2.45, 2.75) is 32.8 Å². The topological polar surface area (TPSA) is 35.5 Å². The lowest BCUT2D eigenvalue weighted by atomic mass is 9.88. The number of para-hydroxylation sites is 1. The van der Waals surface area contributed by atoms with Gasteiger partial charge in [0.1, 0.15) is 11.5 Å². The van der Waals surface area contributed by atoms with Gasteiger partial charge < -0.3 is 9.47 Å². The molecule has 3 nitrogen and oxygen atoms in total. The second-order valence-corrected chi connectivity index (χ2v) is 7.91. The van der Waals surface area contributed by atoms with E-state index in [9.17, 15) is 4.79 Å². The molecule has 3 aromatic rings. The van der Waals surface area contributed by atoms with Crippen LogP contribution in [0.1, 0.15) is 43.9 Å². The Kier molecular flexibility index (Phi) is 7.76. The fourth-order valence-electron chi connectivity index (χ4n) is 3.33. The average molecular weight is 433 g/mol. The van der Waals surface area contributed by atoms with E-state index in [1.165, 1.54) is 0 Å². The highest BCUT2D eigenvalue weighted by Crippen LogP contribution is 2.31. The van der Waals surface area contributed by atoms with Crippen molar-refractivity contribution >= 4 is 17.6 Å². The molecule has 31 heavy (non-hydrogen) atoms. The van der Waals surface area contributed by atoms with Gasteiger partial charge in [-0.05, 0) is 54.8 Å². The molecule has 0 bridgehead atoms. The zero-order valence-electron chi connectivity index (χ0n) is 17.8. The molecule has 0 saturated heterocycles. The largest absolute Gasteiger partial charge is 0.457 e. The summed E-state index contributed by atoms with van der Waals surface area (Å²) in [7, 11) is 0. The third kappa shape index (κ3) is 6.13. The minimum Gasteiger partial charge on any atom is -0.457 e. The molecule has 0 aliphatic heterocycles. The minimum absolute atomic E-state index is 0.0525. The van der Waals surface area contributed by atoms with E-state index in [1.807, 2.05) is 80.6 Å². The van der Waals surface area contributed by atoms with Crippen LogP contribution in [-0.4, -0.2) is 5.97 Å². The molecule has 0 radical (unpaired) electrons. The van der Waals surface area contributed by atoms with Gasteiger partial charge >= 0.3 is 5.97 Å². The standard InChI is InChI=1S/C27H25ClO3/c1-4-9-25(21-10-8-13-24(18-21)30-23-11-6-5-7-12-23)31-27(29)26(19(2)3)20-14-16-22(28)17-15-20/h5-8,10-19,25-26H,1-3H3. The van der Waals surface area contributed by atoms with Gasteiger partial charge in [0.15, 0.2) is 6.10 Å². The van der Waals surface area contributed by atoms with Crippen LogP contribution in [0.2, 0.25) is 5.02 Å². The molecule has 0 fully saturated rings. The van der Waals surface area contributed by atoms with Gasteiger partial charge in [-0.15, -0.1) is 5.92 Å². The van der Waals surface area contributed by atoms with Gasteiger partial charge in [-0.3, -0.25) is 4.79 Å². The molecule has 0 spiro atoms. The number of ether oxygens (including phenoxy) is 2. The van der Waals surface area contributed by atoms with E-state index in [2.05, 4.69) is 11.8 Å². The summed E-state index contributed by atoms with van der Waals surface area (Å²) in [6.45, 7) is 5.72. The highest BCUT2D eigenvalue weighted by molar-refractivity contribution is 6.30. The van der Waals surface area contributed by atoms with Gasteiger partial charge in [0.05, 0.1) is 5.92 Å². The van der Waals surface area contributed by atoms with Crippen molar-refractivity contribution in [3.05, 3.63) is 95.0 Å². The number of halogens is 1. The van der Waals surface area contributed by atoms with Crippen molar-refractivity contribution in [3.63, 3.8) is 0 Å². The van der Waals surface area contributed by atoms with Crippen molar-refractivity contribution in [2.24, 2.45) is 5.92 Å². The van der Waals surface area contributed by atoms with Gasteiger partial charge in [-0.1, -0.05) is 73.8 Å². The van der Waals surface area contributed by atoms with E-state index in [1.54, 1.807) is 19.1 Å². The maximum absolute atomic E-state index is 13.2. The van der Waals surface area contributed by atoms with E-state index in [0.29, 0.717) is 10.8 Å². The first-order valence-electron chi connectivity index (χ1n) is 10.2. The van der Waals surface area contributed by atoms with Crippen LogP contribution in [0.25, 0.3) is 0 Å². The van der Waals surface area contributed by atoms with Crippen LogP contribution in [0.4, 0.5) is 0 Å². The first-order valence-corrected chi connectivity index (χ1v) is 10.6. The molecule has 0 aliphatic rings. The molecular weight excluding hydrogens is 408 g/mol. The van der Waals surface area contributed by atoms with E-state index in [4.69, 9.17) is 21.1 Å². The zero-order valence-corrected chi connectivity index (χ0v) is 18.6. The Morgan fingerprint density at radius 3 is 2.19 bits per heavy atom. The molecule has 158 valence electrons. The molecule has 4 heteroatoms. The van der Waals surface area contributed by atoms with Crippen LogP contribution in [0.3, 0.4) is 0 Å². The molecular formula is C27H25ClO3. The lowest BCUT2D eigenvalue weighted by Crippen LogP contribution is -2.22. The summed E-state index contributed by atoms with van der Waals surface area (Å²) in [5.41, 5.74) is 1.63. The maximum Gasteiger partial charge on any atom is 0.315 e. The van der Waals surface area contributed by atoms with Gasteiger partial charge in [-0.2, -0.15) is 0 Å². The van der Waals surface area contributed by atoms with Crippen LogP contribution in [0.5, 0.6) is 11.5 Å². The van der Waals surface area contributed by atoms with Crippen molar-refractivity contribution < 1.29 is 14.3 Å². The Morgan fingerprint density at radius 2 is 1.55 bits per heavy atom. The predicted molar refractivity (Wildman–Crippen MR) is 124 cm³/mol. The fraction of sp³-hybridized carbons (Fsp3) is 0.222. The van der Waals surface area contributed by atoms with E-state index in [0.717, 1.165) is 16.9 Å². The second kappa shape index (κ2) is 10.7. The van der Waals surface area contributed by atoms with E-state index in [-0.39, 0.29) is 11.9 Å². The number of carbonyl (C=O) groups is 1. The first kappa shape index (κ1) is 22.5. The summed E-state index contributed by atoms with van der Waals surface area (Å²) in [6.07, 6.45) is -0.689. The summed E-state index contributed by atoms with van der Waals surface area (Å²) in [4.78, 5) is 13.2. The van der Waals surface area contributed by atoms with Gasteiger partial charge in [0.25, 0.3) is 0 Å². The molecule has 3 rings (SSSR count). The number of esters is 1. The summed E-state index contributed by atoms with van der Waals surface area (Å²) in [5, 5.41) is 0.629. The molecule has 0 heterocycles. The smallest absolute Gasteiger partial charge is 0.315 e. The van der Waals surface area contributed by atoms with Gasteiger partial charge in [0, 0.05) is 10.6 Å². The second-order valence-electron chi connectivity index (χ2n) is 7.47. The van der Waals surface area contributed by atoms with Crippen LogP contribution in [0.15, 0.2) is 78.9 Å². The third-order valence-electron chi connectivity index (χ3n) is 4.80. The Morgan fingerprint density at radius 1 is 0.871 bits per heavy atom. The van der Waals surface area contributed by atoms with Crippen molar-refractivity contribution in [1.82, 2.24) is 0 Å². The number of rotatable bonds is 7. The molecule has 0 saturated carbocycles. The number of hydrogen-bond donors (Lipinski definition) is 0. The molecule has 0 amide bonds. The molecule has 2 unspecified atom stereocenters. The number of hydrogen-bond acceptors (Lipinski definition) is 3. The predicted octanol–water partition coefficient (Wildman–Crippen LogP) is 7.18. The molecule has 0 N–H and O–H groups in total. The molecule has 0 aliphatic carbocycles. The van der Waals surface area contributed by atoms with Crippen LogP contribution in [0, 0.1) is 17.8 Å². The molecule has 3 aromatic carbocycles. The normalized spacial score (nSPS) is 12.4. The van der Waals surface area contributed by atoms with Crippen molar-refractivity contribution in [1.29, 1.82) is 0 Å². The lowest BCUT2D eigenvalue weighted by Gasteiger charge is -2.22. The van der Waals surface area contributed by atoms with Gasteiger partial charge in [-0.25, -0.2) is 0 Å². The summed E-state index contributed by atoms with van der Waals surface area (Å²) >= 11 is 6.01. The maximum atomic E-state index is 13.2. The first-order chi connectivity index (χ1) is 15.0. The zero-order chi connectivity index (χ0) is 22.2. The highest BCUT2D eigenvalue weighted by Gasteiger charge is 2.28. The Bertz CT molecular complexity index is 1060. The van der Waals surface area contributed by atoms with Crippen LogP contribution in [-0.2, 0) is 9.53 Å². The minimum atomic E-state index is -0.689. The van der Waals surface area contributed by atoms with Crippen molar-refractivity contribution in [2.75, 3.05) is 0 Å². The SMILES string of the molecule is CC#CC(OC(=O)C(c1ccc(Cl)cc1)C(C)C)c1cccc(Oc2ccccc2)c1. The Balaban J connectivity index is 1.83. The lowest BCUT2D eigenvalue weighted by molar-refractivity contribution is -0.149. The Labute approximate surface area is 189 Å². The summed E-state index contributed by atoms with van der Waals surface area (Å²) in [6, 6.07) is 24.3. The quantitative estimate of drug-likeness (QED) is 0.293. The number of carbonyl (C=O) groups excluding carboxylic acids is 1. The number of benzene rings is 3. The summed E-state index contributed by atoms with van der Waals surface area (Å²) < 4.78 is 11.8. The Hall–Kier alpha value is -3.22. The molecule has 2 atom stereocenters.